The van der Waals surface area contributed by atoms with Crippen LogP contribution in [-0.4, -0.2) is 36.1 Å². The number of carbonyl (C=O) groups excluding carboxylic acids is 1. The van der Waals surface area contributed by atoms with Crippen molar-refractivity contribution in [2.75, 3.05) is 25.1 Å². The van der Waals surface area contributed by atoms with Gasteiger partial charge in [-0.05, 0) is 37.0 Å². The highest BCUT2D eigenvalue weighted by atomic mass is 16.5. The van der Waals surface area contributed by atoms with Crippen molar-refractivity contribution < 1.29 is 9.53 Å². The molecule has 6 nitrogen and oxygen atoms in total. The summed E-state index contributed by atoms with van der Waals surface area (Å²) < 4.78 is 5.12. The molecule has 1 aliphatic rings. The van der Waals surface area contributed by atoms with Crippen LogP contribution in [0.25, 0.3) is 0 Å². The van der Waals surface area contributed by atoms with Gasteiger partial charge in [0.05, 0.1) is 19.5 Å². The highest BCUT2D eigenvalue weighted by Gasteiger charge is 2.14. The van der Waals surface area contributed by atoms with Gasteiger partial charge in [0.1, 0.15) is 17.3 Å². The number of rotatable bonds is 5. The summed E-state index contributed by atoms with van der Waals surface area (Å²) in [6.07, 6.45) is 6.88. The van der Waals surface area contributed by atoms with Crippen molar-refractivity contribution in [1.82, 2.24) is 15.3 Å². The fraction of sp³-hybridized carbons (Fsp3) is 0.389. The maximum absolute atomic E-state index is 12.2. The van der Waals surface area contributed by atoms with Crippen molar-refractivity contribution >= 4 is 11.7 Å². The van der Waals surface area contributed by atoms with Gasteiger partial charge in [-0.25, -0.2) is 9.97 Å². The van der Waals surface area contributed by atoms with Crippen LogP contribution in [0, 0.1) is 0 Å². The molecule has 0 atom stereocenters. The van der Waals surface area contributed by atoms with Crippen LogP contribution in [0.4, 0.5) is 5.82 Å². The van der Waals surface area contributed by atoms with Gasteiger partial charge in [-0.15, -0.1) is 0 Å². The summed E-state index contributed by atoms with van der Waals surface area (Å²) in [4.78, 5) is 23.0. The van der Waals surface area contributed by atoms with Crippen LogP contribution in [-0.2, 0) is 6.54 Å². The normalized spacial score (nSPS) is 14.3. The van der Waals surface area contributed by atoms with E-state index in [0.717, 1.165) is 30.2 Å². The van der Waals surface area contributed by atoms with Crippen LogP contribution in [0.1, 0.15) is 35.3 Å². The number of benzene rings is 1. The van der Waals surface area contributed by atoms with Crippen molar-refractivity contribution in [1.29, 1.82) is 0 Å². The molecule has 0 radical (unpaired) electrons. The molecule has 0 spiro atoms. The Hall–Kier alpha value is -2.63. The molecule has 3 rings (SSSR count). The Morgan fingerprint density at radius 1 is 1.12 bits per heavy atom. The molecule has 1 aromatic carbocycles. The number of hydrogen-bond acceptors (Lipinski definition) is 5. The van der Waals surface area contributed by atoms with Crippen LogP contribution in [0.15, 0.2) is 36.7 Å². The average molecular weight is 326 g/mol. The molecule has 24 heavy (non-hydrogen) atoms. The molecule has 0 saturated carbocycles. The summed E-state index contributed by atoms with van der Waals surface area (Å²) in [7, 11) is 1.63. The highest BCUT2D eigenvalue weighted by Crippen LogP contribution is 2.16. The zero-order valence-electron chi connectivity index (χ0n) is 13.9. The topological polar surface area (TPSA) is 67.3 Å². The molecular weight excluding hydrogens is 304 g/mol. The first-order chi connectivity index (χ1) is 11.8. The molecule has 2 heterocycles. The minimum Gasteiger partial charge on any atom is -0.497 e. The van der Waals surface area contributed by atoms with E-state index in [1.165, 1.54) is 19.3 Å². The van der Waals surface area contributed by atoms with E-state index >= 15 is 0 Å². The number of amides is 1. The molecule has 2 aromatic rings. The van der Waals surface area contributed by atoms with Gasteiger partial charge in [-0.1, -0.05) is 12.1 Å². The first-order valence-electron chi connectivity index (χ1n) is 8.24. The number of nitrogens with zero attached hydrogens (tertiary/aromatic N) is 3. The predicted molar refractivity (Wildman–Crippen MR) is 92.3 cm³/mol. The lowest BCUT2D eigenvalue weighted by Gasteiger charge is -2.27. The summed E-state index contributed by atoms with van der Waals surface area (Å²) in [6, 6.07) is 7.58. The molecule has 0 bridgehead atoms. The Bertz CT molecular complexity index is 664. The van der Waals surface area contributed by atoms with E-state index < -0.39 is 0 Å². The van der Waals surface area contributed by atoms with Crippen molar-refractivity contribution in [2.24, 2.45) is 0 Å². The molecule has 0 unspecified atom stereocenters. The van der Waals surface area contributed by atoms with Gasteiger partial charge in [-0.3, -0.25) is 4.79 Å². The smallest absolute Gasteiger partial charge is 0.271 e. The fourth-order valence-corrected chi connectivity index (χ4v) is 2.74. The fourth-order valence-electron chi connectivity index (χ4n) is 2.74. The average Bonchev–Trinajstić information content (AvgIpc) is 2.67. The van der Waals surface area contributed by atoms with Gasteiger partial charge in [0.15, 0.2) is 0 Å². The molecule has 1 amide bonds. The number of nitrogens with one attached hydrogen (secondary N) is 1. The van der Waals surface area contributed by atoms with Crippen molar-refractivity contribution in [3.05, 3.63) is 47.9 Å². The van der Waals surface area contributed by atoms with E-state index in [0.29, 0.717) is 12.2 Å². The molecule has 1 aliphatic heterocycles. The Labute approximate surface area is 141 Å². The lowest BCUT2D eigenvalue weighted by molar-refractivity contribution is 0.0945. The Morgan fingerprint density at radius 2 is 1.88 bits per heavy atom. The molecule has 6 heteroatoms. The van der Waals surface area contributed by atoms with Crippen molar-refractivity contribution in [3.63, 3.8) is 0 Å². The SMILES string of the molecule is COc1ccc(CNC(=O)c2cnc(N3CCCCC3)cn2)cc1. The molecule has 1 fully saturated rings. The third kappa shape index (κ3) is 4.01. The first-order valence-corrected chi connectivity index (χ1v) is 8.24. The highest BCUT2D eigenvalue weighted by molar-refractivity contribution is 5.91. The molecule has 0 aliphatic carbocycles. The number of methoxy groups -OCH3 is 1. The predicted octanol–water partition coefficient (Wildman–Crippen LogP) is 2.41. The summed E-state index contributed by atoms with van der Waals surface area (Å²) in [5.41, 5.74) is 1.34. The number of anilines is 1. The summed E-state index contributed by atoms with van der Waals surface area (Å²) >= 11 is 0. The van der Waals surface area contributed by atoms with Crippen molar-refractivity contribution in [3.8, 4) is 5.75 Å². The van der Waals surface area contributed by atoms with Crippen LogP contribution in [0.5, 0.6) is 5.75 Å². The first kappa shape index (κ1) is 16.2. The van der Waals surface area contributed by atoms with E-state index in [9.17, 15) is 4.79 Å². The van der Waals surface area contributed by atoms with Crippen LogP contribution < -0.4 is 15.0 Å². The Kier molecular flexibility index (Phi) is 5.25. The number of piperidine rings is 1. The van der Waals surface area contributed by atoms with Gasteiger partial charge in [0.2, 0.25) is 0 Å². The van der Waals surface area contributed by atoms with Crippen LogP contribution in [0.2, 0.25) is 0 Å². The summed E-state index contributed by atoms with van der Waals surface area (Å²) in [5, 5.41) is 2.86. The quantitative estimate of drug-likeness (QED) is 0.914. The van der Waals surface area contributed by atoms with Gasteiger partial charge in [-0.2, -0.15) is 0 Å². The summed E-state index contributed by atoms with van der Waals surface area (Å²) in [6.45, 7) is 2.47. The number of hydrogen-bond donors (Lipinski definition) is 1. The Balaban J connectivity index is 1.56. The molecule has 1 saturated heterocycles. The lowest BCUT2D eigenvalue weighted by atomic mass is 10.1. The molecule has 1 N–H and O–H groups in total. The molecule has 126 valence electrons. The van der Waals surface area contributed by atoms with Crippen molar-refractivity contribution in [2.45, 2.75) is 25.8 Å². The van der Waals surface area contributed by atoms with E-state index in [1.807, 2.05) is 24.3 Å². The van der Waals surface area contributed by atoms with Crippen LogP contribution >= 0.6 is 0 Å². The van der Waals surface area contributed by atoms with Gasteiger partial charge >= 0.3 is 0 Å². The van der Waals surface area contributed by atoms with Gasteiger partial charge in [0.25, 0.3) is 5.91 Å². The zero-order valence-corrected chi connectivity index (χ0v) is 13.9. The monoisotopic (exact) mass is 326 g/mol. The van der Waals surface area contributed by atoms with Gasteiger partial charge < -0.3 is 15.0 Å². The number of carbonyl (C=O) groups is 1. The number of ether oxygens (including phenoxy) is 1. The minimum atomic E-state index is -0.219. The third-order valence-corrected chi connectivity index (χ3v) is 4.16. The lowest BCUT2D eigenvalue weighted by Crippen LogP contribution is -2.30. The van der Waals surface area contributed by atoms with Crippen LogP contribution in [0.3, 0.4) is 0 Å². The second-order valence-electron chi connectivity index (χ2n) is 5.84. The molecular formula is C18H22N4O2. The van der Waals surface area contributed by atoms with E-state index in [1.54, 1.807) is 19.5 Å². The van der Waals surface area contributed by atoms with E-state index in [2.05, 4.69) is 20.2 Å². The van der Waals surface area contributed by atoms with E-state index in [4.69, 9.17) is 4.74 Å². The number of aromatic nitrogens is 2. The minimum absolute atomic E-state index is 0.219. The largest absolute Gasteiger partial charge is 0.497 e. The van der Waals surface area contributed by atoms with Gasteiger partial charge in [0, 0.05) is 19.6 Å². The zero-order chi connectivity index (χ0) is 16.8. The van der Waals surface area contributed by atoms with E-state index in [-0.39, 0.29) is 5.91 Å². The molecule has 1 aromatic heterocycles. The third-order valence-electron chi connectivity index (χ3n) is 4.16. The second-order valence-corrected chi connectivity index (χ2v) is 5.84. The summed E-state index contributed by atoms with van der Waals surface area (Å²) in [5.74, 6) is 1.43. The second kappa shape index (κ2) is 7.77. The Morgan fingerprint density at radius 3 is 2.50 bits per heavy atom. The standard InChI is InChI=1S/C18H22N4O2/c1-24-15-7-5-14(6-8-15)11-21-18(23)16-12-20-17(13-19-16)22-9-3-2-4-10-22/h5-8,12-13H,2-4,9-11H2,1H3,(H,21,23). The maximum Gasteiger partial charge on any atom is 0.271 e. The maximum atomic E-state index is 12.2.